The fourth-order valence-corrected chi connectivity index (χ4v) is 2.08. The van der Waals surface area contributed by atoms with E-state index in [1.165, 1.54) is 4.90 Å². The van der Waals surface area contributed by atoms with Crippen LogP contribution in [0.5, 0.6) is 0 Å². The minimum Gasteiger partial charge on any atom is -0.320 e. The molecule has 0 atom stereocenters. The Balaban J connectivity index is 2.17. The van der Waals surface area contributed by atoms with Crippen molar-refractivity contribution in [3.63, 3.8) is 0 Å². The normalized spacial score (nSPS) is 16.1. The zero-order chi connectivity index (χ0) is 14.9. The van der Waals surface area contributed by atoms with Gasteiger partial charge in [0.15, 0.2) is 0 Å². The minimum atomic E-state index is -0.444. The van der Waals surface area contributed by atoms with E-state index in [9.17, 15) is 14.4 Å². The molecular weight excluding hydrogens is 256 g/mol. The molecule has 0 bridgehead atoms. The molecule has 5 heteroatoms. The molecular formula is C15H18N2O3. The molecule has 1 aromatic rings. The molecule has 0 aromatic heterocycles. The van der Waals surface area contributed by atoms with Gasteiger partial charge < -0.3 is 4.90 Å². The van der Waals surface area contributed by atoms with Gasteiger partial charge in [-0.3, -0.25) is 19.7 Å². The standard InChI is InChI=1S/C15H18N2O3/c1-15(2,3)11-6-4-10(5-7-11)14(20)17-8-12(18)16-13(19)9-17/h4-7H,8-9H2,1-3H3,(H,16,18,19). The van der Waals surface area contributed by atoms with Gasteiger partial charge in [-0.25, -0.2) is 0 Å². The average Bonchev–Trinajstić information content (AvgIpc) is 2.36. The summed E-state index contributed by atoms with van der Waals surface area (Å²) < 4.78 is 0. The monoisotopic (exact) mass is 274 g/mol. The number of imide groups is 1. The summed E-state index contributed by atoms with van der Waals surface area (Å²) in [7, 11) is 0. The maximum absolute atomic E-state index is 12.2. The van der Waals surface area contributed by atoms with E-state index < -0.39 is 11.8 Å². The topological polar surface area (TPSA) is 66.5 Å². The SMILES string of the molecule is CC(C)(C)c1ccc(C(=O)N2CC(=O)NC(=O)C2)cc1. The number of rotatable bonds is 1. The van der Waals surface area contributed by atoms with Gasteiger partial charge in [0.05, 0.1) is 0 Å². The van der Waals surface area contributed by atoms with E-state index in [2.05, 4.69) is 26.1 Å². The average molecular weight is 274 g/mol. The number of piperazine rings is 1. The highest BCUT2D eigenvalue weighted by atomic mass is 16.2. The molecule has 1 fully saturated rings. The zero-order valence-electron chi connectivity index (χ0n) is 11.9. The Morgan fingerprint density at radius 1 is 1.05 bits per heavy atom. The quantitative estimate of drug-likeness (QED) is 0.779. The summed E-state index contributed by atoms with van der Waals surface area (Å²) in [4.78, 5) is 36.1. The molecule has 0 aliphatic carbocycles. The van der Waals surface area contributed by atoms with E-state index >= 15 is 0 Å². The molecule has 1 aliphatic rings. The minimum absolute atomic E-state index is 0.0164. The lowest BCUT2D eigenvalue weighted by molar-refractivity contribution is -0.135. The van der Waals surface area contributed by atoms with E-state index in [-0.39, 0.29) is 24.4 Å². The van der Waals surface area contributed by atoms with Crippen LogP contribution in [0.15, 0.2) is 24.3 Å². The molecule has 1 aromatic carbocycles. The molecule has 5 nitrogen and oxygen atoms in total. The summed E-state index contributed by atoms with van der Waals surface area (Å²) in [5, 5.41) is 2.17. The van der Waals surface area contributed by atoms with E-state index in [0.29, 0.717) is 5.56 Å². The molecule has 2 rings (SSSR count). The number of hydrogen-bond acceptors (Lipinski definition) is 3. The first-order valence-electron chi connectivity index (χ1n) is 6.50. The molecule has 20 heavy (non-hydrogen) atoms. The first-order valence-corrected chi connectivity index (χ1v) is 6.50. The number of carbonyl (C=O) groups is 3. The molecule has 1 heterocycles. The molecule has 0 saturated carbocycles. The van der Waals surface area contributed by atoms with Gasteiger partial charge in [0.25, 0.3) is 5.91 Å². The number of nitrogens with zero attached hydrogens (tertiary/aromatic N) is 1. The van der Waals surface area contributed by atoms with E-state index in [1.54, 1.807) is 12.1 Å². The Bertz CT molecular complexity index is 539. The highest BCUT2D eigenvalue weighted by Crippen LogP contribution is 2.22. The second kappa shape index (κ2) is 5.07. The fourth-order valence-electron chi connectivity index (χ4n) is 2.08. The summed E-state index contributed by atoms with van der Waals surface area (Å²) in [6, 6.07) is 7.28. The lowest BCUT2D eigenvalue weighted by atomic mass is 9.86. The summed E-state index contributed by atoms with van der Waals surface area (Å²) >= 11 is 0. The van der Waals surface area contributed by atoms with Gasteiger partial charge in [-0.05, 0) is 23.1 Å². The van der Waals surface area contributed by atoms with Crippen LogP contribution in [0, 0.1) is 0 Å². The summed E-state index contributed by atoms with van der Waals surface area (Å²) in [6.45, 7) is 6.13. The molecule has 1 saturated heterocycles. The van der Waals surface area contributed by atoms with E-state index in [4.69, 9.17) is 0 Å². The lowest BCUT2D eigenvalue weighted by Gasteiger charge is -2.26. The molecule has 106 valence electrons. The van der Waals surface area contributed by atoms with Gasteiger partial charge in [0.1, 0.15) is 13.1 Å². The molecule has 3 amide bonds. The van der Waals surface area contributed by atoms with E-state index in [1.807, 2.05) is 12.1 Å². The second-order valence-corrected chi connectivity index (χ2v) is 5.96. The van der Waals surface area contributed by atoms with Gasteiger partial charge in [-0.2, -0.15) is 0 Å². The van der Waals surface area contributed by atoms with Crippen LogP contribution in [0.4, 0.5) is 0 Å². The van der Waals surface area contributed by atoms with Crippen LogP contribution in [0.25, 0.3) is 0 Å². The summed E-state index contributed by atoms with van der Waals surface area (Å²) in [5.41, 5.74) is 1.63. The van der Waals surface area contributed by atoms with Crippen LogP contribution in [-0.4, -0.2) is 35.7 Å². The van der Waals surface area contributed by atoms with Crippen molar-refractivity contribution >= 4 is 17.7 Å². The number of carbonyl (C=O) groups excluding carboxylic acids is 3. The fraction of sp³-hybridized carbons (Fsp3) is 0.400. The number of benzene rings is 1. The van der Waals surface area contributed by atoms with Crippen LogP contribution in [0.3, 0.4) is 0 Å². The lowest BCUT2D eigenvalue weighted by Crippen LogP contribution is -2.53. The molecule has 1 aliphatic heterocycles. The predicted octanol–water partition coefficient (Wildman–Crippen LogP) is 1.08. The predicted molar refractivity (Wildman–Crippen MR) is 74.2 cm³/mol. The third-order valence-corrected chi connectivity index (χ3v) is 3.23. The largest absolute Gasteiger partial charge is 0.320 e. The molecule has 0 unspecified atom stereocenters. The Kier molecular flexibility index (Phi) is 3.61. The van der Waals surface area contributed by atoms with Crippen LogP contribution >= 0.6 is 0 Å². The van der Waals surface area contributed by atoms with Crippen LogP contribution in [0.1, 0.15) is 36.7 Å². The van der Waals surface area contributed by atoms with Crippen LogP contribution in [0.2, 0.25) is 0 Å². The Labute approximate surface area is 118 Å². The van der Waals surface area contributed by atoms with E-state index in [0.717, 1.165) is 5.56 Å². The number of amides is 3. The van der Waals surface area contributed by atoms with Crippen molar-refractivity contribution in [1.29, 1.82) is 0 Å². The van der Waals surface area contributed by atoms with Gasteiger partial charge >= 0.3 is 0 Å². The maximum Gasteiger partial charge on any atom is 0.254 e. The van der Waals surface area contributed by atoms with Gasteiger partial charge in [-0.1, -0.05) is 32.9 Å². The van der Waals surface area contributed by atoms with Crippen LogP contribution < -0.4 is 5.32 Å². The van der Waals surface area contributed by atoms with Crippen LogP contribution in [-0.2, 0) is 15.0 Å². The Hall–Kier alpha value is -2.17. The highest BCUT2D eigenvalue weighted by molar-refractivity contribution is 6.05. The van der Waals surface area contributed by atoms with Crippen molar-refractivity contribution in [1.82, 2.24) is 10.2 Å². The Morgan fingerprint density at radius 2 is 1.55 bits per heavy atom. The Morgan fingerprint density at radius 3 is 2.00 bits per heavy atom. The molecule has 0 spiro atoms. The van der Waals surface area contributed by atoms with Gasteiger partial charge in [0, 0.05) is 5.56 Å². The summed E-state index contributed by atoms with van der Waals surface area (Å²) in [6.07, 6.45) is 0. The number of hydrogen-bond donors (Lipinski definition) is 1. The second-order valence-electron chi connectivity index (χ2n) is 5.96. The number of nitrogens with one attached hydrogen (secondary N) is 1. The van der Waals surface area contributed by atoms with Crippen molar-refractivity contribution in [3.05, 3.63) is 35.4 Å². The highest BCUT2D eigenvalue weighted by Gasteiger charge is 2.27. The van der Waals surface area contributed by atoms with Crippen molar-refractivity contribution in [2.45, 2.75) is 26.2 Å². The third-order valence-electron chi connectivity index (χ3n) is 3.23. The first kappa shape index (κ1) is 14.2. The third kappa shape index (κ3) is 3.04. The summed E-state index contributed by atoms with van der Waals surface area (Å²) in [5.74, 6) is -1.18. The first-order chi connectivity index (χ1) is 9.27. The molecule has 0 radical (unpaired) electrons. The maximum atomic E-state index is 12.2. The van der Waals surface area contributed by atoms with Crippen molar-refractivity contribution in [3.8, 4) is 0 Å². The van der Waals surface area contributed by atoms with Gasteiger partial charge in [0.2, 0.25) is 11.8 Å². The zero-order valence-corrected chi connectivity index (χ0v) is 11.9. The van der Waals surface area contributed by atoms with Crippen molar-refractivity contribution in [2.75, 3.05) is 13.1 Å². The van der Waals surface area contributed by atoms with Crippen molar-refractivity contribution < 1.29 is 14.4 Å². The van der Waals surface area contributed by atoms with Crippen molar-refractivity contribution in [2.24, 2.45) is 0 Å². The van der Waals surface area contributed by atoms with Gasteiger partial charge in [-0.15, -0.1) is 0 Å². The smallest absolute Gasteiger partial charge is 0.254 e. The molecule has 1 N–H and O–H groups in total.